The van der Waals surface area contributed by atoms with E-state index in [4.69, 9.17) is 0 Å². The maximum atomic E-state index is 12.9. The predicted octanol–water partition coefficient (Wildman–Crippen LogP) is 0.511. The van der Waals surface area contributed by atoms with Gasteiger partial charge in [-0.05, 0) is 44.2 Å². The number of hydrogen-bond donors (Lipinski definition) is 0. The van der Waals surface area contributed by atoms with E-state index >= 15 is 0 Å². The Morgan fingerprint density at radius 3 is 2.65 bits per heavy atom. The van der Waals surface area contributed by atoms with Gasteiger partial charge in [0, 0.05) is 38.9 Å². The molecule has 0 saturated heterocycles. The highest BCUT2D eigenvalue weighted by atomic mass is 16.2. The van der Waals surface area contributed by atoms with E-state index in [1.54, 1.807) is 9.58 Å². The predicted molar refractivity (Wildman–Crippen MR) is 86.9 cm³/mol. The summed E-state index contributed by atoms with van der Waals surface area (Å²) in [5.41, 5.74) is 1.66. The number of rotatable bonds is 5. The molecule has 1 atom stereocenters. The van der Waals surface area contributed by atoms with Gasteiger partial charge in [-0.15, -0.1) is 0 Å². The number of hydrogen-bond acceptors (Lipinski definition) is 6. The molecule has 0 bridgehead atoms. The average molecular weight is 319 g/mol. The molecule has 1 saturated carbocycles. The molecule has 0 spiro atoms. The van der Waals surface area contributed by atoms with Gasteiger partial charge in [-0.2, -0.15) is 0 Å². The summed E-state index contributed by atoms with van der Waals surface area (Å²) in [6, 6.07) is 0.551. The highest BCUT2D eigenvalue weighted by Gasteiger charge is 2.34. The second-order valence-corrected chi connectivity index (χ2v) is 6.60. The molecular weight excluding hydrogens is 294 g/mol. The fourth-order valence-corrected chi connectivity index (χ4v) is 3.06. The van der Waals surface area contributed by atoms with Gasteiger partial charge in [0.2, 0.25) is 5.95 Å². The SMILES string of the molecule is CC1=C(C(=O)N(C)CCN(C)C2CC2)[C@@H](C)n2nnnc2N1C. The van der Waals surface area contributed by atoms with Crippen molar-refractivity contribution in [1.82, 2.24) is 30.0 Å². The minimum atomic E-state index is -0.160. The lowest BCUT2D eigenvalue weighted by atomic mass is 10.0. The van der Waals surface area contributed by atoms with Crippen LogP contribution in [-0.4, -0.2) is 76.2 Å². The van der Waals surface area contributed by atoms with Crippen LogP contribution < -0.4 is 4.90 Å². The van der Waals surface area contributed by atoms with E-state index in [0.29, 0.717) is 12.0 Å². The Kier molecular flexibility index (Phi) is 4.09. The van der Waals surface area contributed by atoms with Crippen LogP contribution in [0.25, 0.3) is 0 Å². The molecule has 1 aliphatic heterocycles. The summed E-state index contributed by atoms with van der Waals surface area (Å²) in [7, 11) is 5.88. The summed E-state index contributed by atoms with van der Waals surface area (Å²) >= 11 is 0. The molecule has 1 fully saturated rings. The maximum absolute atomic E-state index is 12.9. The van der Waals surface area contributed by atoms with Crippen molar-refractivity contribution in [3.63, 3.8) is 0 Å². The zero-order valence-electron chi connectivity index (χ0n) is 14.5. The van der Waals surface area contributed by atoms with Crippen molar-refractivity contribution in [2.24, 2.45) is 0 Å². The largest absolute Gasteiger partial charge is 0.341 e. The third-order valence-corrected chi connectivity index (χ3v) is 4.99. The Morgan fingerprint density at radius 2 is 2.00 bits per heavy atom. The van der Waals surface area contributed by atoms with Gasteiger partial charge in [0.1, 0.15) is 0 Å². The van der Waals surface area contributed by atoms with Crippen molar-refractivity contribution in [2.45, 2.75) is 38.8 Å². The summed E-state index contributed by atoms with van der Waals surface area (Å²) in [6.07, 6.45) is 2.56. The van der Waals surface area contributed by atoms with Crippen molar-refractivity contribution >= 4 is 11.9 Å². The molecule has 0 unspecified atom stereocenters. The zero-order chi connectivity index (χ0) is 16.7. The van der Waals surface area contributed by atoms with Crippen molar-refractivity contribution in [3.8, 4) is 0 Å². The number of nitrogens with zero attached hydrogens (tertiary/aromatic N) is 7. The van der Waals surface area contributed by atoms with Crippen LogP contribution in [0.5, 0.6) is 0 Å². The minimum absolute atomic E-state index is 0.0483. The number of likely N-dealkylation sites (N-methyl/N-ethyl adjacent to an activating group) is 2. The quantitative estimate of drug-likeness (QED) is 0.787. The maximum Gasteiger partial charge on any atom is 0.253 e. The van der Waals surface area contributed by atoms with Crippen LogP contribution in [0.2, 0.25) is 0 Å². The van der Waals surface area contributed by atoms with E-state index in [2.05, 4.69) is 27.5 Å². The zero-order valence-corrected chi connectivity index (χ0v) is 14.5. The summed E-state index contributed by atoms with van der Waals surface area (Å²) in [5, 5.41) is 11.8. The van der Waals surface area contributed by atoms with Crippen LogP contribution in [0.15, 0.2) is 11.3 Å². The fraction of sp³-hybridized carbons (Fsp3) is 0.733. The number of aromatic nitrogens is 4. The van der Waals surface area contributed by atoms with Crippen LogP contribution in [0.3, 0.4) is 0 Å². The van der Waals surface area contributed by atoms with Crippen LogP contribution in [-0.2, 0) is 4.79 Å². The van der Waals surface area contributed by atoms with Crippen LogP contribution in [0.4, 0.5) is 5.95 Å². The number of allylic oxidation sites excluding steroid dienone is 1. The molecule has 1 aromatic rings. The molecule has 8 nitrogen and oxygen atoms in total. The molecule has 1 aliphatic carbocycles. The highest BCUT2D eigenvalue weighted by molar-refractivity contribution is 5.95. The fourth-order valence-electron chi connectivity index (χ4n) is 3.06. The molecule has 0 radical (unpaired) electrons. The first-order valence-corrected chi connectivity index (χ1v) is 8.10. The summed E-state index contributed by atoms with van der Waals surface area (Å²) in [5.74, 6) is 0.717. The standard InChI is InChI=1S/C15H25N7O/c1-10-13(11(2)22-15(21(10)5)16-17-18-22)14(23)20(4)9-8-19(3)12-6-7-12/h11-12H,6-9H2,1-5H3/t11-/m1/s1. The molecule has 8 heteroatoms. The first kappa shape index (κ1) is 15.9. The second kappa shape index (κ2) is 5.92. The Labute approximate surface area is 136 Å². The number of tetrazole rings is 1. The average Bonchev–Trinajstić information content (AvgIpc) is 3.26. The van der Waals surface area contributed by atoms with Crippen LogP contribution in [0, 0.1) is 0 Å². The van der Waals surface area contributed by atoms with Crippen LogP contribution >= 0.6 is 0 Å². The molecular formula is C15H25N7O. The lowest BCUT2D eigenvalue weighted by molar-refractivity contribution is -0.126. The van der Waals surface area contributed by atoms with Gasteiger partial charge in [0.25, 0.3) is 5.91 Å². The molecule has 23 heavy (non-hydrogen) atoms. The topological polar surface area (TPSA) is 70.4 Å². The highest BCUT2D eigenvalue weighted by Crippen LogP contribution is 2.32. The number of amides is 1. The first-order chi connectivity index (χ1) is 10.9. The van der Waals surface area contributed by atoms with E-state index in [-0.39, 0.29) is 11.9 Å². The Balaban J connectivity index is 1.73. The van der Waals surface area contributed by atoms with Gasteiger partial charge >= 0.3 is 0 Å². The number of fused-ring (bicyclic) bond motifs is 1. The summed E-state index contributed by atoms with van der Waals surface area (Å²) in [6.45, 7) is 5.54. The molecule has 0 aromatic carbocycles. The van der Waals surface area contributed by atoms with Gasteiger partial charge < -0.3 is 14.7 Å². The van der Waals surface area contributed by atoms with Crippen molar-refractivity contribution in [2.75, 3.05) is 39.1 Å². The molecule has 1 amide bonds. The summed E-state index contributed by atoms with van der Waals surface area (Å²) in [4.78, 5) is 18.9. The molecule has 1 aromatic heterocycles. The molecule has 3 rings (SSSR count). The van der Waals surface area contributed by atoms with Crippen molar-refractivity contribution in [3.05, 3.63) is 11.3 Å². The third kappa shape index (κ3) is 2.83. The van der Waals surface area contributed by atoms with Gasteiger partial charge in [0.15, 0.2) is 0 Å². The van der Waals surface area contributed by atoms with E-state index in [1.165, 1.54) is 12.8 Å². The third-order valence-electron chi connectivity index (χ3n) is 4.99. The van der Waals surface area contributed by atoms with E-state index in [1.807, 2.05) is 32.8 Å². The van der Waals surface area contributed by atoms with Gasteiger partial charge in [0.05, 0.1) is 11.6 Å². The normalized spacial score (nSPS) is 21.0. The van der Waals surface area contributed by atoms with E-state index in [0.717, 1.165) is 24.4 Å². The lowest BCUT2D eigenvalue weighted by Crippen LogP contribution is -2.40. The van der Waals surface area contributed by atoms with Gasteiger partial charge in [-0.1, -0.05) is 5.10 Å². The lowest BCUT2D eigenvalue weighted by Gasteiger charge is -2.33. The van der Waals surface area contributed by atoms with Gasteiger partial charge in [-0.25, -0.2) is 4.68 Å². The second-order valence-electron chi connectivity index (χ2n) is 6.60. The minimum Gasteiger partial charge on any atom is -0.341 e. The van der Waals surface area contributed by atoms with Gasteiger partial charge in [-0.3, -0.25) is 4.79 Å². The first-order valence-electron chi connectivity index (χ1n) is 8.10. The number of anilines is 1. The van der Waals surface area contributed by atoms with E-state index < -0.39 is 0 Å². The number of carbonyl (C=O) groups is 1. The monoisotopic (exact) mass is 319 g/mol. The molecule has 126 valence electrons. The Morgan fingerprint density at radius 1 is 1.30 bits per heavy atom. The van der Waals surface area contributed by atoms with Crippen molar-refractivity contribution in [1.29, 1.82) is 0 Å². The summed E-state index contributed by atoms with van der Waals surface area (Å²) < 4.78 is 1.70. The Hall–Kier alpha value is -1.96. The molecule has 0 N–H and O–H groups in total. The smallest absolute Gasteiger partial charge is 0.253 e. The van der Waals surface area contributed by atoms with Crippen molar-refractivity contribution < 1.29 is 4.79 Å². The number of carbonyl (C=O) groups excluding carboxylic acids is 1. The molecule has 2 aliphatic rings. The van der Waals surface area contributed by atoms with E-state index in [9.17, 15) is 4.79 Å². The van der Waals surface area contributed by atoms with Crippen LogP contribution in [0.1, 0.15) is 32.7 Å². The molecule has 2 heterocycles. The Bertz CT molecular complexity index is 634.